The van der Waals surface area contributed by atoms with E-state index in [-0.39, 0.29) is 17.6 Å². The number of aliphatic hydroxyl groups excluding tert-OH is 1. The Balaban J connectivity index is 2.06. The lowest BCUT2D eigenvalue weighted by atomic mass is 9.68. The van der Waals surface area contributed by atoms with Gasteiger partial charge in [-0.2, -0.15) is 0 Å². The van der Waals surface area contributed by atoms with Crippen molar-refractivity contribution >= 4 is 16.6 Å². The molecule has 0 radical (unpaired) electrons. The van der Waals surface area contributed by atoms with Crippen molar-refractivity contribution in [2.24, 2.45) is 0 Å². The minimum atomic E-state index is -0.771. The van der Waals surface area contributed by atoms with Gasteiger partial charge in [0, 0.05) is 17.1 Å². The van der Waals surface area contributed by atoms with E-state index in [2.05, 4.69) is 4.98 Å². The molecule has 2 aliphatic rings. The topological polar surface area (TPSA) is 79.7 Å². The van der Waals surface area contributed by atoms with Crippen LogP contribution in [0.2, 0.25) is 0 Å². The first-order valence-electron chi connectivity index (χ1n) is 7.50. The highest BCUT2D eigenvalue weighted by atomic mass is 16.5. The number of hydrogen-bond donors (Lipinski definition) is 2. The zero-order chi connectivity index (χ0) is 15.5. The second kappa shape index (κ2) is 4.43. The maximum atomic E-state index is 13.0. The first-order valence-corrected chi connectivity index (χ1v) is 7.50. The molecule has 114 valence electrons. The molecular formula is C17H17NO4. The number of nitrogens with zero attached hydrogens (tertiary/aromatic N) is 1. The van der Waals surface area contributed by atoms with E-state index in [1.54, 1.807) is 12.3 Å². The Bertz CT molecular complexity index is 791. The van der Waals surface area contributed by atoms with Crippen LogP contribution in [0.1, 0.15) is 41.7 Å². The van der Waals surface area contributed by atoms with Crippen molar-refractivity contribution in [2.45, 2.75) is 37.2 Å². The summed E-state index contributed by atoms with van der Waals surface area (Å²) in [5.41, 5.74) is 0.302. The summed E-state index contributed by atoms with van der Waals surface area (Å²) in [5.74, 6) is 0.370. The minimum absolute atomic E-state index is 0.0338. The molecule has 1 saturated carbocycles. The van der Waals surface area contributed by atoms with Crippen LogP contribution in [-0.4, -0.2) is 34.2 Å². The molecule has 2 aromatic rings. The molecule has 0 saturated heterocycles. The van der Waals surface area contributed by atoms with Crippen LogP contribution >= 0.6 is 0 Å². The van der Waals surface area contributed by atoms with E-state index < -0.39 is 5.41 Å². The van der Waals surface area contributed by atoms with E-state index in [4.69, 9.17) is 4.74 Å². The Morgan fingerprint density at radius 2 is 2.09 bits per heavy atom. The molecule has 0 atom stereocenters. The van der Waals surface area contributed by atoms with E-state index in [1.165, 1.54) is 7.11 Å². The van der Waals surface area contributed by atoms with E-state index in [1.807, 2.05) is 6.07 Å². The van der Waals surface area contributed by atoms with Crippen LogP contribution in [-0.2, 0) is 5.41 Å². The molecule has 5 heteroatoms. The number of Topliss-reactive ketones (excluding diaryl/α,β-unsaturated/α-hetero) is 1. The molecule has 1 heterocycles. The first-order chi connectivity index (χ1) is 10.6. The lowest BCUT2D eigenvalue weighted by Gasteiger charge is -2.35. The van der Waals surface area contributed by atoms with Crippen LogP contribution in [0, 0.1) is 0 Å². The highest BCUT2D eigenvalue weighted by Gasteiger charge is 2.52. The Morgan fingerprint density at radius 1 is 1.36 bits per heavy atom. The van der Waals surface area contributed by atoms with Gasteiger partial charge in [-0.1, -0.05) is 0 Å². The quantitative estimate of drug-likeness (QED) is 0.844. The zero-order valence-electron chi connectivity index (χ0n) is 12.3. The fourth-order valence-electron chi connectivity index (χ4n) is 4.02. The predicted octanol–water partition coefficient (Wildman–Crippen LogP) is 2.32. The number of rotatable bonds is 1. The van der Waals surface area contributed by atoms with Crippen LogP contribution in [0.25, 0.3) is 10.8 Å². The zero-order valence-corrected chi connectivity index (χ0v) is 12.3. The van der Waals surface area contributed by atoms with Crippen LogP contribution in [0.3, 0.4) is 0 Å². The molecule has 22 heavy (non-hydrogen) atoms. The molecule has 1 aromatic heterocycles. The number of benzene rings is 1. The first kappa shape index (κ1) is 13.5. The number of pyridine rings is 1. The van der Waals surface area contributed by atoms with Gasteiger partial charge in [-0.25, -0.2) is 0 Å². The smallest absolute Gasteiger partial charge is 0.192 e. The van der Waals surface area contributed by atoms with Crippen molar-refractivity contribution in [3.8, 4) is 11.5 Å². The fourth-order valence-corrected chi connectivity index (χ4v) is 4.02. The summed E-state index contributed by atoms with van der Waals surface area (Å²) < 4.78 is 5.28. The van der Waals surface area contributed by atoms with Crippen molar-refractivity contribution < 1.29 is 19.7 Å². The summed E-state index contributed by atoms with van der Waals surface area (Å²) in [7, 11) is 1.50. The Morgan fingerprint density at radius 3 is 2.77 bits per heavy atom. The Kier molecular flexibility index (Phi) is 2.72. The maximum Gasteiger partial charge on any atom is 0.192 e. The summed E-state index contributed by atoms with van der Waals surface area (Å²) in [6, 6.07) is 3.57. The summed E-state index contributed by atoms with van der Waals surface area (Å²) in [6.45, 7) is 0. The molecule has 0 unspecified atom stereocenters. The van der Waals surface area contributed by atoms with Gasteiger partial charge in [-0.3, -0.25) is 9.78 Å². The van der Waals surface area contributed by atoms with Gasteiger partial charge in [0.1, 0.15) is 5.69 Å². The normalized spacial score (nSPS) is 26.8. The third kappa shape index (κ3) is 1.52. The van der Waals surface area contributed by atoms with Crippen molar-refractivity contribution in [1.82, 2.24) is 4.98 Å². The molecule has 4 rings (SSSR count). The molecule has 1 spiro atoms. The lowest BCUT2D eigenvalue weighted by molar-refractivity contribution is 0.0686. The van der Waals surface area contributed by atoms with Gasteiger partial charge in [0.25, 0.3) is 0 Å². The molecule has 1 aromatic carbocycles. The maximum absolute atomic E-state index is 13.0. The SMILES string of the molecule is COc1cc2ccnc3c2c(c1O)C1(CCC(O)CC1)C3=O. The van der Waals surface area contributed by atoms with Gasteiger partial charge >= 0.3 is 0 Å². The van der Waals surface area contributed by atoms with Crippen molar-refractivity contribution in [3.05, 3.63) is 29.6 Å². The van der Waals surface area contributed by atoms with E-state index in [0.29, 0.717) is 42.7 Å². The van der Waals surface area contributed by atoms with Crippen molar-refractivity contribution in [2.75, 3.05) is 7.11 Å². The van der Waals surface area contributed by atoms with E-state index >= 15 is 0 Å². The van der Waals surface area contributed by atoms with Crippen molar-refractivity contribution in [3.63, 3.8) is 0 Å². The number of carbonyl (C=O) groups excluding carboxylic acids is 1. The molecule has 2 N–H and O–H groups in total. The highest BCUT2D eigenvalue weighted by molar-refractivity contribution is 6.20. The van der Waals surface area contributed by atoms with Gasteiger partial charge in [0.2, 0.25) is 0 Å². The predicted molar refractivity (Wildman–Crippen MR) is 80.4 cm³/mol. The van der Waals surface area contributed by atoms with Crippen LogP contribution in [0.5, 0.6) is 11.5 Å². The number of phenolic OH excluding ortho intramolecular Hbond substituents is 1. The lowest BCUT2D eigenvalue weighted by Crippen LogP contribution is -2.38. The number of hydrogen-bond acceptors (Lipinski definition) is 5. The molecule has 0 bridgehead atoms. The monoisotopic (exact) mass is 299 g/mol. The number of aromatic nitrogens is 1. The summed E-state index contributed by atoms with van der Waals surface area (Å²) >= 11 is 0. The van der Waals surface area contributed by atoms with Gasteiger partial charge in [-0.05, 0) is 43.2 Å². The third-order valence-electron chi connectivity index (χ3n) is 5.15. The molecular weight excluding hydrogens is 282 g/mol. The number of methoxy groups -OCH3 is 1. The number of fused-ring (bicyclic) bond motifs is 1. The van der Waals surface area contributed by atoms with Crippen LogP contribution in [0.4, 0.5) is 0 Å². The van der Waals surface area contributed by atoms with Crippen LogP contribution < -0.4 is 4.74 Å². The molecule has 0 amide bonds. The van der Waals surface area contributed by atoms with Gasteiger partial charge in [0.05, 0.1) is 18.6 Å². The fraction of sp³-hybridized carbons (Fsp3) is 0.412. The summed E-state index contributed by atoms with van der Waals surface area (Å²) in [4.78, 5) is 17.3. The number of carbonyl (C=O) groups is 1. The van der Waals surface area contributed by atoms with Gasteiger partial charge in [-0.15, -0.1) is 0 Å². The second-order valence-electron chi connectivity index (χ2n) is 6.20. The Labute approximate surface area is 127 Å². The highest BCUT2D eigenvalue weighted by Crippen LogP contribution is 2.55. The Hall–Kier alpha value is -2.14. The average Bonchev–Trinajstić information content (AvgIpc) is 2.78. The molecule has 5 nitrogen and oxygen atoms in total. The van der Waals surface area contributed by atoms with Crippen molar-refractivity contribution in [1.29, 1.82) is 0 Å². The molecule has 1 fully saturated rings. The number of ketones is 1. The average molecular weight is 299 g/mol. The van der Waals surface area contributed by atoms with E-state index in [0.717, 1.165) is 10.8 Å². The summed E-state index contributed by atoms with van der Waals surface area (Å²) in [5, 5.41) is 22.1. The number of ether oxygens (including phenoxy) is 1. The van der Waals surface area contributed by atoms with Gasteiger partial charge in [0.15, 0.2) is 17.3 Å². The second-order valence-corrected chi connectivity index (χ2v) is 6.20. The number of aliphatic hydroxyl groups is 1. The number of aromatic hydroxyl groups is 1. The third-order valence-corrected chi connectivity index (χ3v) is 5.15. The largest absolute Gasteiger partial charge is 0.504 e. The van der Waals surface area contributed by atoms with Crippen LogP contribution in [0.15, 0.2) is 18.3 Å². The minimum Gasteiger partial charge on any atom is -0.504 e. The molecule has 2 aliphatic carbocycles. The van der Waals surface area contributed by atoms with Gasteiger partial charge < -0.3 is 14.9 Å². The molecule has 0 aliphatic heterocycles. The standard InChI is InChI=1S/C17H17NO4/c1-22-11-8-9-4-7-18-14-12(9)13(15(11)20)17(16(14)21)5-2-10(19)3-6-17/h4,7-8,10,19-20H,2-3,5-6H2,1H3. The summed E-state index contributed by atoms with van der Waals surface area (Å²) in [6.07, 6.45) is 3.40. The number of phenols is 1. The van der Waals surface area contributed by atoms with E-state index in [9.17, 15) is 15.0 Å².